The Morgan fingerprint density at radius 1 is 0.647 bits per heavy atom. The summed E-state index contributed by atoms with van der Waals surface area (Å²) in [6.07, 6.45) is 10.9. The lowest BCUT2D eigenvalue weighted by Gasteiger charge is -2.45. The van der Waals surface area contributed by atoms with Crippen LogP contribution in [0.1, 0.15) is 119 Å². The van der Waals surface area contributed by atoms with Gasteiger partial charge in [-0.15, -0.1) is 0 Å². The van der Waals surface area contributed by atoms with Gasteiger partial charge in [-0.05, 0) is 152 Å². The number of amides is 4. The zero-order valence-corrected chi connectivity index (χ0v) is 43.4. The maximum Gasteiger partial charge on any atom is 0.220 e. The highest BCUT2D eigenvalue weighted by Gasteiger charge is 2.39. The van der Waals surface area contributed by atoms with Crippen molar-refractivity contribution in [2.24, 2.45) is 0 Å². The Morgan fingerprint density at radius 2 is 1.12 bits per heavy atom. The van der Waals surface area contributed by atoms with E-state index in [0.29, 0.717) is 10.0 Å². The van der Waals surface area contributed by atoms with Crippen LogP contribution in [0.5, 0.6) is 0 Å². The number of carbonyl (C=O) groups excluding carboxylic acids is 4. The fourth-order valence-electron chi connectivity index (χ4n) is 9.59. The van der Waals surface area contributed by atoms with Crippen molar-refractivity contribution in [1.29, 1.82) is 0 Å². The van der Waals surface area contributed by atoms with Crippen LogP contribution in [0, 0.1) is 5.82 Å². The summed E-state index contributed by atoms with van der Waals surface area (Å²) >= 11 is 15.6. The maximum absolute atomic E-state index is 13.9. The average Bonchev–Trinajstić information content (AvgIpc) is 3.31. The van der Waals surface area contributed by atoms with Crippen molar-refractivity contribution in [3.05, 3.63) is 140 Å². The van der Waals surface area contributed by atoms with Crippen molar-refractivity contribution in [2.75, 3.05) is 28.2 Å². The number of benzene rings is 4. The second-order valence-electron chi connectivity index (χ2n) is 19.0. The quantitative estimate of drug-likeness (QED) is 0.0742. The summed E-state index contributed by atoms with van der Waals surface area (Å²) in [6.45, 7) is 2.15. The van der Waals surface area contributed by atoms with E-state index >= 15 is 0 Å². The van der Waals surface area contributed by atoms with Gasteiger partial charge < -0.3 is 31.1 Å². The van der Waals surface area contributed by atoms with Gasteiger partial charge in [-0.3, -0.25) is 19.2 Å². The molecule has 6 rings (SSSR count). The number of rotatable bonds is 19. The maximum atomic E-state index is 13.9. The fraction of sp³-hybridized carbons (Fsp3) is 0.481. The second kappa shape index (κ2) is 26.6. The Kier molecular flexibility index (Phi) is 21.4. The molecule has 0 bridgehead atoms. The molecule has 14 heteroatoms. The topological polar surface area (TPSA) is 123 Å². The Labute approximate surface area is 422 Å². The van der Waals surface area contributed by atoms with Crippen molar-refractivity contribution in [3.8, 4) is 0 Å². The molecule has 68 heavy (non-hydrogen) atoms. The summed E-state index contributed by atoms with van der Waals surface area (Å²) in [4.78, 5) is 54.1. The third-order valence-electron chi connectivity index (χ3n) is 13.9. The summed E-state index contributed by atoms with van der Waals surface area (Å²) in [5.41, 5.74) is 4.07. The molecule has 0 heterocycles. The first-order valence-electron chi connectivity index (χ1n) is 24.0. The SMILES string of the molecule is CCC(NC(=O)CCC(=O)NC1CCC(Cc2cccc(Cl)c2)(N(C)C)CC1)c1ccccc1.CN(C)C1(Cc2cccc(Cl)c2)CCC(NC(=O)CCC(=O)NCc2ccc(Br)cc2F)CC1. The number of hydrogen-bond donors (Lipinski definition) is 4. The molecule has 1 unspecified atom stereocenters. The molecule has 2 aliphatic carbocycles. The molecular formula is C54H70BrCl2FN6O4. The molecule has 2 aliphatic rings. The van der Waals surface area contributed by atoms with Crippen molar-refractivity contribution < 1.29 is 23.6 Å². The summed E-state index contributed by atoms with van der Waals surface area (Å²) in [7, 11) is 8.51. The van der Waals surface area contributed by atoms with E-state index in [0.717, 1.165) is 86.2 Å². The molecule has 0 radical (unpaired) electrons. The van der Waals surface area contributed by atoms with Gasteiger partial charge in [0.1, 0.15) is 5.82 Å². The second-order valence-corrected chi connectivity index (χ2v) is 20.8. The van der Waals surface area contributed by atoms with Crippen LogP contribution in [0.2, 0.25) is 10.0 Å². The highest BCUT2D eigenvalue weighted by molar-refractivity contribution is 9.10. The largest absolute Gasteiger partial charge is 0.353 e. The first-order valence-corrected chi connectivity index (χ1v) is 25.5. The van der Waals surface area contributed by atoms with Gasteiger partial charge in [-0.1, -0.05) is 107 Å². The molecule has 0 aromatic heterocycles. The molecule has 0 saturated heterocycles. The molecule has 0 spiro atoms. The summed E-state index contributed by atoms with van der Waals surface area (Å²) in [5, 5.41) is 13.5. The summed E-state index contributed by atoms with van der Waals surface area (Å²) in [5.74, 6) is -0.895. The molecule has 4 aromatic carbocycles. The number of hydrogen-bond acceptors (Lipinski definition) is 6. The summed E-state index contributed by atoms with van der Waals surface area (Å²) in [6, 6.07) is 31.0. The predicted octanol–water partition coefficient (Wildman–Crippen LogP) is 10.5. The van der Waals surface area contributed by atoms with E-state index in [9.17, 15) is 23.6 Å². The monoisotopic (exact) mass is 1030 g/mol. The lowest BCUT2D eigenvalue weighted by Crippen LogP contribution is -2.52. The van der Waals surface area contributed by atoms with Crippen LogP contribution in [0.3, 0.4) is 0 Å². The van der Waals surface area contributed by atoms with Gasteiger partial charge in [0.2, 0.25) is 23.6 Å². The smallest absolute Gasteiger partial charge is 0.220 e. The third kappa shape index (κ3) is 17.0. The lowest BCUT2D eigenvalue weighted by atomic mass is 9.75. The standard InChI is InChI=1S/C28H38ClN3O2.C26H32BrClFN3O2/c1-4-25(22-10-6-5-7-11-22)31-27(34)14-13-26(33)30-24-15-17-28(18-16-24,32(2)3)20-21-9-8-12-23(29)19-21;1-32(2)26(16-18-4-3-5-21(28)14-18)12-10-22(11-13-26)31-25(34)9-8-24(33)30-17-19-6-7-20(27)15-23(19)29/h5-12,19,24-25H,4,13-18,20H2,1-3H3,(H,30,33)(H,31,34);3-7,14-15,22H,8-13,16-17H2,1-2H3,(H,30,33)(H,31,34). The van der Waals surface area contributed by atoms with Crippen LogP contribution in [0.25, 0.3) is 0 Å². The third-order valence-corrected chi connectivity index (χ3v) is 14.9. The average molecular weight is 1040 g/mol. The Hall–Kier alpha value is -4.33. The van der Waals surface area contributed by atoms with E-state index in [1.165, 1.54) is 17.2 Å². The summed E-state index contributed by atoms with van der Waals surface area (Å²) < 4.78 is 14.5. The molecule has 2 fully saturated rings. The van der Waals surface area contributed by atoms with E-state index in [4.69, 9.17) is 23.2 Å². The van der Waals surface area contributed by atoms with Crippen LogP contribution in [-0.4, -0.2) is 84.8 Å². The lowest BCUT2D eigenvalue weighted by molar-refractivity contribution is -0.127. The highest BCUT2D eigenvalue weighted by atomic mass is 79.9. The molecule has 0 aliphatic heterocycles. The minimum Gasteiger partial charge on any atom is -0.353 e. The molecule has 368 valence electrons. The van der Waals surface area contributed by atoms with Gasteiger partial charge in [-0.2, -0.15) is 0 Å². The van der Waals surface area contributed by atoms with E-state index < -0.39 is 0 Å². The van der Waals surface area contributed by atoms with Crippen LogP contribution < -0.4 is 21.3 Å². The number of likely N-dealkylation sites (N-methyl/N-ethyl adjacent to an activating group) is 2. The number of nitrogens with one attached hydrogen (secondary N) is 4. The number of halogens is 4. The minimum atomic E-state index is -0.381. The van der Waals surface area contributed by atoms with Crippen LogP contribution >= 0.6 is 39.1 Å². The van der Waals surface area contributed by atoms with Gasteiger partial charge in [0.05, 0.1) is 6.04 Å². The normalized spacial score (nSPS) is 20.7. The van der Waals surface area contributed by atoms with Crippen LogP contribution in [-0.2, 0) is 38.6 Å². The van der Waals surface area contributed by atoms with Crippen molar-refractivity contribution in [2.45, 2.75) is 139 Å². The van der Waals surface area contributed by atoms with Gasteiger partial charge in [0, 0.05) is 75.5 Å². The molecular weight excluding hydrogens is 966 g/mol. The Bertz CT molecular complexity index is 2270. The fourth-order valence-corrected chi connectivity index (χ4v) is 10.3. The van der Waals surface area contributed by atoms with Gasteiger partial charge in [0.15, 0.2) is 0 Å². The predicted molar refractivity (Wildman–Crippen MR) is 276 cm³/mol. The highest BCUT2D eigenvalue weighted by Crippen LogP contribution is 2.37. The van der Waals surface area contributed by atoms with E-state index in [1.54, 1.807) is 12.1 Å². The minimum absolute atomic E-state index is 0.0197. The van der Waals surface area contributed by atoms with Crippen LogP contribution in [0.15, 0.2) is 102 Å². The van der Waals surface area contributed by atoms with Crippen molar-refractivity contribution in [3.63, 3.8) is 0 Å². The molecule has 1 atom stereocenters. The molecule has 2 saturated carbocycles. The van der Waals surface area contributed by atoms with Crippen molar-refractivity contribution >= 4 is 62.8 Å². The molecule has 4 N–H and O–H groups in total. The number of carbonyl (C=O) groups is 4. The Morgan fingerprint density at radius 3 is 1.56 bits per heavy atom. The van der Waals surface area contributed by atoms with E-state index in [-0.39, 0.29) is 90.9 Å². The molecule has 10 nitrogen and oxygen atoms in total. The van der Waals surface area contributed by atoms with Crippen LogP contribution in [0.4, 0.5) is 4.39 Å². The molecule has 4 amide bonds. The van der Waals surface area contributed by atoms with Gasteiger partial charge >= 0.3 is 0 Å². The molecule has 4 aromatic rings. The van der Waals surface area contributed by atoms with E-state index in [2.05, 4.69) is 87.3 Å². The van der Waals surface area contributed by atoms with E-state index in [1.807, 2.05) is 73.7 Å². The number of nitrogens with zero attached hydrogens (tertiary/aromatic N) is 2. The zero-order chi connectivity index (χ0) is 49.3. The first kappa shape index (κ1) is 54.6. The van der Waals surface area contributed by atoms with Gasteiger partial charge in [-0.25, -0.2) is 4.39 Å². The van der Waals surface area contributed by atoms with Crippen molar-refractivity contribution in [1.82, 2.24) is 31.1 Å². The van der Waals surface area contributed by atoms with Gasteiger partial charge in [0.25, 0.3) is 0 Å². The Balaban J connectivity index is 0.000000254. The first-order chi connectivity index (χ1) is 32.5. The zero-order valence-electron chi connectivity index (χ0n) is 40.3.